The number of ether oxygens (including phenoxy) is 2. The van der Waals surface area contributed by atoms with Crippen molar-refractivity contribution in [2.75, 3.05) is 25.6 Å². The third-order valence-electron chi connectivity index (χ3n) is 5.55. The van der Waals surface area contributed by atoms with E-state index in [4.69, 9.17) is 9.47 Å². The highest BCUT2D eigenvalue weighted by atomic mass is 32.2. The lowest BCUT2D eigenvalue weighted by atomic mass is 10.00. The molecule has 0 aromatic heterocycles. The Labute approximate surface area is 209 Å². The van der Waals surface area contributed by atoms with Gasteiger partial charge in [-0.05, 0) is 30.0 Å². The van der Waals surface area contributed by atoms with E-state index >= 15 is 0 Å². The van der Waals surface area contributed by atoms with Crippen LogP contribution in [0.5, 0.6) is 11.5 Å². The van der Waals surface area contributed by atoms with Gasteiger partial charge >= 0.3 is 0 Å². The van der Waals surface area contributed by atoms with Crippen molar-refractivity contribution >= 4 is 29.5 Å². The van der Waals surface area contributed by atoms with Crippen LogP contribution in [0.1, 0.15) is 26.3 Å². The molecule has 0 saturated carbocycles. The molecule has 0 aliphatic carbocycles. The van der Waals surface area contributed by atoms with E-state index in [1.807, 2.05) is 44.2 Å². The number of aliphatic hydroxyl groups excluding tert-OH is 1. The number of fused-ring (bicyclic) bond motifs is 1. The first-order valence-corrected chi connectivity index (χ1v) is 13.2. The Morgan fingerprint density at radius 3 is 2.50 bits per heavy atom. The Bertz CT molecular complexity index is 973. The molecule has 1 heterocycles. The van der Waals surface area contributed by atoms with Crippen molar-refractivity contribution in [2.45, 2.75) is 44.2 Å². The third kappa shape index (κ3) is 7.21. The number of carbonyl (C=O) groups is 1. The monoisotopic (exact) mass is 506 g/mol. The van der Waals surface area contributed by atoms with Crippen molar-refractivity contribution in [1.82, 2.24) is 9.62 Å². The summed E-state index contributed by atoms with van der Waals surface area (Å²) in [5, 5.41) is 14.2. The summed E-state index contributed by atoms with van der Waals surface area (Å²) in [6, 6.07) is 14.4. The Hall–Kier alpha value is -2.07. The number of hydrogen-bond donors (Lipinski definition) is 3. The van der Waals surface area contributed by atoms with Crippen LogP contribution in [-0.2, 0) is 22.2 Å². The van der Waals surface area contributed by atoms with Crippen LogP contribution in [0.25, 0.3) is 0 Å². The van der Waals surface area contributed by atoms with Crippen LogP contribution in [0, 0.1) is 11.8 Å². The lowest BCUT2D eigenvalue weighted by Crippen LogP contribution is -2.51. The second-order valence-electron chi connectivity index (χ2n) is 8.96. The molecule has 186 valence electrons. The van der Waals surface area contributed by atoms with Crippen molar-refractivity contribution in [3.05, 3.63) is 54.1 Å². The fourth-order valence-corrected chi connectivity index (χ4v) is 5.22. The molecule has 2 aromatic rings. The van der Waals surface area contributed by atoms with Crippen LogP contribution in [0.3, 0.4) is 0 Å². The molecule has 2 N–H and O–H groups in total. The molecule has 0 radical (unpaired) electrons. The van der Waals surface area contributed by atoms with Crippen LogP contribution in [-0.4, -0.2) is 57.3 Å². The van der Waals surface area contributed by atoms with Gasteiger partial charge in [0.2, 0.25) is 12.7 Å². The van der Waals surface area contributed by atoms with Crippen LogP contribution in [0.15, 0.2) is 53.4 Å². The summed E-state index contributed by atoms with van der Waals surface area (Å²) >= 11 is 4.23. The van der Waals surface area contributed by atoms with Crippen LogP contribution in [0.2, 0.25) is 0 Å². The first-order valence-electron chi connectivity index (χ1n) is 11.5. The van der Waals surface area contributed by atoms with E-state index in [2.05, 4.69) is 17.9 Å². The number of nitrogens with one attached hydrogen (secondary N) is 1. The molecular formula is C25H34N2O5S2. The molecular weight excluding hydrogens is 472 g/mol. The summed E-state index contributed by atoms with van der Waals surface area (Å²) < 4.78 is 26.0. The van der Waals surface area contributed by atoms with Gasteiger partial charge in [0, 0.05) is 30.8 Å². The van der Waals surface area contributed by atoms with Crippen molar-refractivity contribution in [3.8, 4) is 11.5 Å². The minimum Gasteiger partial charge on any atom is -0.454 e. The molecule has 2 aromatic carbocycles. The number of amides is 1. The van der Waals surface area contributed by atoms with Gasteiger partial charge in [0.15, 0.2) is 11.5 Å². The number of nitrogens with zero attached hydrogens (tertiary/aromatic N) is 1. The zero-order chi connectivity index (χ0) is 24.7. The number of thiol groups is 1. The van der Waals surface area contributed by atoms with Crippen molar-refractivity contribution in [2.24, 2.45) is 11.8 Å². The maximum absolute atomic E-state index is 13.5. The summed E-state index contributed by atoms with van der Waals surface area (Å²) in [7, 11) is -1.53. The Kier molecular flexibility index (Phi) is 9.82. The van der Waals surface area contributed by atoms with E-state index in [0.29, 0.717) is 35.1 Å². The average molecular weight is 507 g/mol. The fraction of sp³-hybridized carbons (Fsp3) is 0.480. The highest BCUT2D eigenvalue weighted by Crippen LogP contribution is 2.34. The SMILES string of the molecule is CC(C)CN(C[C@@H](O)[C@H](Cc1ccccc1)NC(=O)[C@H](C)CS)S(=O)c1ccc2c(c1)OCO2. The smallest absolute Gasteiger partial charge is 0.231 e. The van der Waals surface area contributed by atoms with E-state index < -0.39 is 23.1 Å². The summed E-state index contributed by atoms with van der Waals surface area (Å²) in [4.78, 5) is 13.2. The maximum Gasteiger partial charge on any atom is 0.231 e. The minimum atomic E-state index is -1.53. The lowest BCUT2D eigenvalue weighted by molar-refractivity contribution is -0.125. The van der Waals surface area contributed by atoms with E-state index in [9.17, 15) is 14.1 Å². The van der Waals surface area contributed by atoms with E-state index in [1.165, 1.54) is 0 Å². The predicted octanol–water partition coefficient (Wildman–Crippen LogP) is 3.05. The summed E-state index contributed by atoms with van der Waals surface area (Å²) in [5.41, 5.74) is 0.998. The molecule has 1 amide bonds. The standard InChI is InChI=1S/C25H34N2O5S2/c1-17(2)13-27(34(30)20-9-10-23-24(12-20)32-16-31-23)14-22(28)21(26-25(29)18(3)15-33)11-19-7-5-4-6-8-19/h4-10,12,17-18,21-22,28,33H,11,13-16H2,1-3H3,(H,26,29)/t18-,21+,22-,34?/m1/s1. The molecule has 3 rings (SSSR count). The van der Waals surface area contributed by atoms with Gasteiger partial charge in [-0.1, -0.05) is 51.1 Å². The van der Waals surface area contributed by atoms with E-state index in [-0.39, 0.29) is 31.1 Å². The van der Waals surface area contributed by atoms with Gasteiger partial charge in [0.05, 0.1) is 17.0 Å². The van der Waals surface area contributed by atoms with Crippen molar-refractivity contribution < 1.29 is 23.6 Å². The average Bonchev–Trinajstić information content (AvgIpc) is 3.30. The normalized spacial score (nSPS) is 16.3. The number of benzene rings is 2. The highest BCUT2D eigenvalue weighted by molar-refractivity contribution is 7.82. The Morgan fingerprint density at radius 1 is 1.12 bits per heavy atom. The molecule has 1 aliphatic rings. The lowest BCUT2D eigenvalue weighted by Gasteiger charge is -2.31. The van der Waals surface area contributed by atoms with Gasteiger partial charge in [0.1, 0.15) is 11.0 Å². The summed E-state index contributed by atoms with van der Waals surface area (Å²) in [6.07, 6.45) is -0.479. The second kappa shape index (κ2) is 12.6. The number of carbonyl (C=O) groups excluding carboxylic acids is 1. The summed E-state index contributed by atoms with van der Waals surface area (Å²) in [6.45, 7) is 6.66. The van der Waals surface area contributed by atoms with Crippen LogP contribution >= 0.6 is 12.6 Å². The van der Waals surface area contributed by atoms with Gasteiger partial charge in [-0.25, -0.2) is 8.51 Å². The van der Waals surface area contributed by atoms with E-state index in [0.717, 1.165) is 5.56 Å². The minimum absolute atomic E-state index is 0.131. The van der Waals surface area contributed by atoms with Gasteiger partial charge in [-0.2, -0.15) is 12.6 Å². The second-order valence-corrected chi connectivity index (χ2v) is 10.8. The zero-order valence-corrected chi connectivity index (χ0v) is 21.6. The molecule has 0 bridgehead atoms. The molecule has 9 heteroatoms. The first-order chi connectivity index (χ1) is 16.3. The molecule has 4 atom stereocenters. The van der Waals surface area contributed by atoms with Gasteiger partial charge in [-0.3, -0.25) is 4.79 Å². The number of aliphatic hydroxyl groups is 1. The van der Waals surface area contributed by atoms with Gasteiger partial charge in [-0.15, -0.1) is 0 Å². The Morgan fingerprint density at radius 2 is 1.82 bits per heavy atom. The Balaban J connectivity index is 1.79. The zero-order valence-electron chi connectivity index (χ0n) is 19.8. The third-order valence-corrected chi connectivity index (χ3v) is 7.52. The van der Waals surface area contributed by atoms with E-state index in [1.54, 1.807) is 29.4 Å². The quantitative estimate of drug-likeness (QED) is 0.385. The maximum atomic E-state index is 13.5. The van der Waals surface area contributed by atoms with Gasteiger partial charge in [0.25, 0.3) is 0 Å². The molecule has 7 nitrogen and oxygen atoms in total. The highest BCUT2D eigenvalue weighted by Gasteiger charge is 2.29. The first kappa shape index (κ1) is 26.5. The molecule has 0 spiro atoms. The molecule has 0 fully saturated rings. The number of rotatable bonds is 12. The molecule has 0 saturated heterocycles. The number of hydrogen-bond acceptors (Lipinski definition) is 6. The largest absolute Gasteiger partial charge is 0.454 e. The fourth-order valence-electron chi connectivity index (χ4n) is 3.65. The predicted molar refractivity (Wildman–Crippen MR) is 136 cm³/mol. The van der Waals surface area contributed by atoms with Crippen LogP contribution < -0.4 is 14.8 Å². The summed E-state index contributed by atoms with van der Waals surface area (Å²) in [5.74, 6) is 1.36. The molecule has 1 aliphatic heterocycles. The van der Waals surface area contributed by atoms with Crippen molar-refractivity contribution in [3.63, 3.8) is 0 Å². The van der Waals surface area contributed by atoms with Crippen molar-refractivity contribution in [1.29, 1.82) is 0 Å². The molecule has 34 heavy (non-hydrogen) atoms. The topological polar surface area (TPSA) is 88.1 Å². The van der Waals surface area contributed by atoms with Gasteiger partial charge < -0.3 is 19.9 Å². The van der Waals surface area contributed by atoms with Crippen LogP contribution in [0.4, 0.5) is 0 Å². The molecule has 1 unspecified atom stereocenters.